The predicted molar refractivity (Wildman–Crippen MR) is 128 cm³/mol. The predicted octanol–water partition coefficient (Wildman–Crippen LogP) is 3.70. The van der Waals surface area contributed by atoms with Crippen LogP contribution in [0.3, 0.4) is 0 Å². The van der Waals surface area contributed by atoms with Crippen LogP contribution in [-0.2, 0) is 20.9 Å². The maximum atomic E-state index is 13.9. The molecule has 2 saturated heterocycles. The van der Waals surface area contributed by atoms with Crippen molar-refractivity contribution in [1.29, 1.82) is 0 Å². The van der Waals surface area contributed by atoms with Crippen LogP contribution >= 0.6 is 11.8 Å². The molecule has 35 heavy (non-hydrogen) atoms. The van der Waals surface area contributed by atoms with Gasteiger partial charge in [-0.3, -0.25) is 19.3 Å². The number of carbonyl (C=O) groups is 3. The fourth-order valence-corrected chi connectivity index (χ4v) is 4.45. The van der Waals surface area contributed by atoms with E-state index in [0.29, 0.717) is 55.5 Å². The Morgan fingerprint density at radius 1 is 1.11 bits per heavy atom. The standard InChI is InChI=1S/C25H25FN2O6S/c1-2-33-21-13-17(7-8-20(21)34-16-18-5-3-4-6-19(18)26)14-22-24(30)28(25(31)35-22)15-23(29)27-9-11-32-12-10-27/h3-8,13-14H,2,9-12,15-16H2,1H3/b22-14+. The topological polar surface area (TPSA) is 85.4 Å². The van der Waals surface area contributed by atoms with E-state index in [1.54, 1.807) is 47.4 Å². The second kappa shape index (κ2) is 11.4. The lowest BCUT2D eigenvalue weighted by molar-refractivity contribution is -0.139. The SMILES string of the molecule is CCOc1cc(/C=C2/SC(=O)N(CC(=O)N3CCOCC3)C2=O)ccc1OCc1ccccc1F. The molecule has 0 spiro atoms. The number of hydrogen-bond acceptors (Lipinski definition) is 7. The van der Waals surface area contributed by atoms with Gasteiger partial charge in [0.2, 0.25) is 5.91 Å². The molecule has 2 heterocycles. The van der Waals surface area contributed by atoms with E-state index in [0.717, 1.165) is 16.7 Å². The zero-order valence-corrected chi connectivity index (χ0v) is 20.0. The van der Waals surface area contributed by atoms with Crippen LogP contribution < -0.4 is 9.47 Å². The molecule has 4 rings (SSSR count). The van der Waals surface area contributed by atoms with Crippen molar-refractivity contribution in [2.75, 3.05) is 39.5 Å². The number of benzene rings is 2. The molecule has 2 aliphatic rings. The number of amides is 3. The zero-order chi connectivity index (χ0) is 24.8. The number of ether oxygens (including phenoxy) is 3. The van der Waals surface area contributed by atoms with E-state index in [-0.39, 0.29) is 29.8 Å². The third-order valence-corrected chi connectivity index (χ3v) is 6.34. The van der Waals surface area contributed by atoms with Crippen molar-refractivity contribution in [2.45, 2.75) is 13.5 Å². The lowest BCUT2D eigenvalue weighted by atomic mass is 10.1. The number of rotatable bonds is 8. The summed E-state index contributed by atoms with van der Waals surface area (Å²) in [6.45, 7) is 3.69. The summed E-state index contributed by atoms with van der Waals surface area (Å²) in [5.41, 5.74) is 1.04. The van der Waals surface area contributed by atoms with Crippen molar-refractivity contribution in [1.82, 2.24) is 9.80 Å². The molecule has 0 unspecified atom stereocenters. The van der Waals surface area contributed by atoms with Crippen LogP contribution in [0.25, 0.3) is 6.08 Å². The van der Waals surface area contributed by atoms with Gasteiger partial charge >= 0.3 is 0 Å². The van der Waals surface area contributed by atoms with Gasteiger partial charge < -0.3 is 19.1 Å². The van der Waals surface area contributed by atoms with E-state index in [4.69, 9.17) is 14.2 Å². The molecular weight excluding hydrogens is 475 g/mol. The molecule has 2 aromatic carbocycles. The second-order valence-electron chi connectivity index (χ2n) is 7.78. The highest BCUT2D eigenvalue weighted by Crippen LogP contribution is 2.35. The third kappa shape index (κ3) is 6.01. The number of hydrogen-bond donors (Lipinski definition) is 0. The fraction of sp³-hybridized carbons (Fsp3) is 0.320. The molecule has 0 aliphatic carbocycles. The highest BCUT2D eigenvalue weighted by molar-refractivity contribution is 8.18. The first kappa shape index (κ1) is 24.7. The maximum absolute atomic E-state index is 13.9. The Balaban J connectivity index is 1.46. The largest absolute Gasteiger partial charge is 0.490 e. The summed E-state index contributed by atoms with van der Waals surface area (Å²) in [4.78, 5) is 40.5. The molecule has 3 amide bonds. The Morgan fingerprint density at radius 3 is 2.63 bits per heavy atom. The maximum Gasteiger partial charge on any atom is 0.294 e. The number of thioether (sulfide) groups is 1. The van der Waals surface area contributed by atoms with Crippen molar-refractivity contribution >= 4 is 34.9 Å². The summed E-state index contributed by atoms with van der Waals surface area (Å²) < 4.78 is 30.6. The molecule has 0 aromatic heterocycles. The van der Waals surface area contributed by atoms with Gasteiger partial charge in [-0.25, -0.2) is 4.39 Å². The molecule has 2 aromatic rings. The Labute approximate surface area is 206 Å². The number of imide groups is 1. The van der Waals surface area contributed by atoms with E-state index in [1.807, 2.05) is 6.92 Å². The zero-order valence-electron chi connectivity index (χ0n) is 19.2. The van der Waals surface area contributed by atoms with Crippen LogP contribution in [0.4, 0.5) is 9.18 Å². The highest BCUT2D eigenvalue weighted by atomic mass is 32.2. The molecule has 0 radical (unpaired) electrons. The minimum atomic E-state index is -0.514. The molecule has 2 aliphatic heterocycles. The summed E-state index contributed by atoms with van der Waals surface area (Å²) in [5.74, 6) is -0.299. The van der Waals surface area contributed by atoms with Crippen LogP contribution in [0.1, 0.15) is 18.1 Å². The second-order valence-corrected chi connectivity index (χ2v) is 8.77. The molecule has 0 N–H and O–H groups in total. The normalized spacial score (nSPS) is 17.3. The summed E-state index contributed by atoms with van der Waals surface area (Å²) in [7, 11) is 0. The molecule has 2 fully saturated rings. The van der Waals surface area contributed by atoms with Crippen molar-refractivity contribution in [3.05, 3.63) is 64.3 Å². The number of halogens is 1. The van der Waals surface area contributed by atoms with Gasteiger partial charge in [-0.15, -0.1) is 0 Å². The highest BCUT2D eigenvalue weighted by Gasteiger charge is 2.37. The first-order valence-electron chi connectivity index (χ1n) is 11.2. The number of morpholine rings is 1. The smallest absolute Gasteiger partial charge is 0.294 e. The number of carbonyl (C=O) groups excluding carboxylic acids is 3. The average Bonchev–Trinajstić information content (AvgIpc) is 3.12. The molecule has 8 nitrogen and oxygen atoms in total. The Kier molecular flexibility index (Phi) is 8.04. The van der Waals surface area contributed by atoms with Gasteiger partial charge in [-0.2, -0.15) is 0 Å². The van der Waals surface area contributed by atoms with Crippen LogP contribution in [0.15, 0.2) is 47.4 Å². The van der Waals surface area contributed by atoms with Gasteiger partial charge in [-0.1, -0.05) is 24.3 Å². The Morgan fingerprint density at radius 2 is 1.89 bits per heavy atom. The Hall–Kier alpha value is -3.37. The summed E-state index contributed by atoms with van der Waals surface area (Å²) in [6, 6.07) is 11.4. The third-order valence-electron chi connectivity index (χ3n) is 5.44. The quantitative estimate of drug-likeness (QED) is 0.511. The van der Waals surface area contributed by atoms with E-state index >= 15 is 0 Å². The number of nitrogens with zero attached hydrogens (tertiary/aromatic N) is 2. The van der Waals surface area contributed by atoms with Crippen LogP contribution in [0, 0.1) is 5.82 Å². The van der Waals surface area contributed by atoms with E-state index in [2.05, 4.69) is 0 Å². The summed E-state index contributed by atoms with van der Waals surface area (Å²) in [6.07, 6.45) is 1.58. The fourth-order valence-electron chi connectivity index (χ4n) is 3.61. The van der Waals surface area contributed by atoms with E-state index in [1.165, 1.54) is 6.07 Å². The first-order chi connectivity index (χ1) is 17.0. The molecule has 10 heteroatoms. The molecular formula is C25H25FN2O6S. The summed E-state index contributed by atoms with van der Waals surface area (Å²) >= 11 is 0.787. The monoisotopic (exact) mass is 500 g/mol. The van der Waals surface area contributed by atoms with Gasteiger partial charge in [0.05, 0.1) is 24.7 Å². The van der Waals surface area contributed by atoms with E-state index < -0.39 is 11.1 Å². The van der Waals surface area contributed by atoms with Gasteiger partial charge in [-0.05, 0) is 48.5 Å². The molecule has 0 saturated carbocycles. The van der Waals surface area contributed by atoms with Crippen LogP contribution in [-0.4, -0.2) is 66.3 Å². The minimum Gasteiger partial charge on any atom is -0.490 e. The first-order valence-corrected chi connectivity index (χ1v) is 12.0. The van der Waals surface area contributed by atoms with Crippen LogP contribution in [0.5, 0.6) is 11.5 Å². The van der Waals surface area contributed by atoms with Gasteiger partial charge in [0.25, 0.3) is 11.1 Å². The molecule has 184 valence electrons. The minimum absolute atomic E-state index is 0.0299. The lowest BCUT2D eigenvalue weighted by Crippen LogP contribution is -2.46. The lowest BCUT2D eigenvalue weighted by Gasteiger charge is -2.28. The molecule has 0 atom stereocenters. The summed E-state index contributed by atoms with van der Waals surface area (Å²) in [5, 5.41) is -0.488. The molecule has 0 bridgehead atoms. The van der Waals surface area contributed by atoms with Gasteiger partial charge in [0.1, 0.15) is 19.0 Å². The van der Waals surface area contributed by atoms with Gasteiger partial charge in [0.15, 0.2) is 11.5 Å². The van der Waals surface area contributed by atoms with Crippen molar-refractivity contribution < 1.29 is 33.0 Å². The van der Waals surface area contributed by atoms with Crippen molar-refractivity contribution in [3.63, 3.8) is 0 Å². The van der Waals surface area contributed by atoms with Gasteiger partial charge in [0, 0.05) is 18.7 Å². The van der Waals surface area contributed by atoms with Crippen LogP contribution in [0.2, 0.25) is 0 Å². The van der Waals surface area contributed by atoms with Crippen molar-refractivity contribution in [3.8, 4) is 11.5 Å². The van der Waals surface area contributed by atoms with Crippen molar-refractivity contribution in [2.24, 2.45) is 0 Å². The Bertz CT molecular complexity index is 1150. The van der Waals surface area contributed by atoms with E-state index in [9.17, 15) is 18.8 Å². The average molecular weight is 501 g/mol.